The Morgan fingerprint density at radius 1 is 1.04 bits per heavy atom. The summed E-state index contributed by atoms with van der Waals surface area (Å²) in [7, 11) is 0. The second kappa shape index (κ2) is 7.66. The van der Waals surface area contributed by atoms with Gasteiger partial charge in [-0.3, -0.25) is 0 Å². The van der Waals surface area contributed by atoms with Crippen LogP contribution in [0.2, 0.25) is 0 Å². The van der Waals surface area contributed by atoms with E-state index in [4.69, 9.17) is 4.74 Å². The van der Waals surface area contributed by atoms with E-state index in [1.165, 1.54) is 18.2 Å². The monoisotopic (exact) mass is 370 g/mol. The van der Waals surface area contributed by atoms with E-state index in [0.29, 0.717) is 5.56 Å². The van der Waals surface area contributed by atoms with Crippen LogP contribution in [0.1, 0.15) is 18.1 Å². The fraction of sp³-hybridized carbons (Fsp3) is 0.136. The first-order chi connectivity index (χ1) is 12.9. The number of rotatable bonds is 4. The molecular formula is C22H17F3O2. The molecule has 3 aromatic rings. The summed E-state index contributed by atoms with van der Waals surface area (Å²) in [6.07, 6.45) is -1.40. The third-order valence-corrected chi connectivity index (χ3v) is 4.11. The normalized spacial score (nSPS) is 11.9. The molecule has 0 saturated heterocycles. The van der Waals surface area contributed by atoms with Crippen LogP contribution in [0.5, 0.6) is 0 Å². The number of carbonyl (C=O) groups excluding carboxylic acids is 1. The van der Waals surface area contributed by atoms with Crippen molar-refractivity contribution in [2.24, 2.45) is 0 Å². The molecule has 0 bridgehead atoms. The Labute approximate surface area is 154 Å². The number of alkyl halides is 3. The van der Waals surface area contributed by atoms with Crippen LogP contribution in [0.3, 0.4) is 0 Å². The lowest BCUT2D eigenvalue weighted by molar-refractivity contribution is -0.138. The van der Waals surface area contributed by atoms with Crippen LogP contribution in [-0.2, 0) is 15.7 Å². The molecule has 0 unspecified atom stereocenters. The first-order valence-corrected chi connectivity index (χ1v) is 8.44. The molecule has 5 heteroatoms. The van der Waals surface area contributed by atoms with Crippen LogP contribution in [0.4, 0.5) is 13.2 Å². The Bertz CT molecular complexity index is 987. The average molecular weight is 370 g/mol. The number of fused-ring (bicyclic) bond motifs is 1. The lowest BCUT2D eigenvalue weighted by Gasteiger charge is -2.11. The Hall–Kier alpha value is -3.08. The van der Waals surface area contributed by atoms with Gasteiger partial charge in [-0.15, -0.1) is 0 Å². The maximum absolute atomic E-state index is 12.8. The molecule has 0 atom stereocenters. The summed E-state index contributed by atoms with van der Waals surface area (Å²) in [4.78, 5) is 11.6. The highest BCUT2D eigenvalue weighted by Gasteiger charge is 2.30. The van der Waals surface area contributed by atoms with Gasteiger partial charge in [0.1, 0.15) is 0 Å². The largest absolute Gasteiger partial charge is 0.463 e. The maximum Gasteiger partial charge on any atom is 0.416 e. The molecule has 0 radical (unpaired) electrons. The number of hydrogen-bond acceptors (Lipinski definition) is 2. The van der Waals surface area contributed by atoms with Crippen LogP contribution in [0, 0.1) is 0 Å². The minimum Gasteiger partial charge on any atom is -0.463 e. The average Bonchev–Trinajstić information content (AvgIpc) is 2.65. The number of ether oxygens (including phenoxy) is 1. The second-order valence-electron chi connectivity index (χ2n) is 5.95. The molecule has 27 heavy (non-hydrogen) atoms. The van der Waals surface area contributed by atoms with Crippen molar-refractivity contribution in [2.45, 2.75) is 13.1 Å². The number of carbonyl (C=O) groups is 1. The van der Waals surface area contributed by atoms with Gasteiger partial charge in [-0.25, -0.2) is 4.79 Å². The summed E-state index contributed by atoms with van der Waals surface area (Å²) >= 11 is 0. The fourth-order valence-corrected chi connectivity index (χ4v) is 2.86. The molecule has 0 amide bonds. The molecule has 0 aromatic heterocycles. The number of hydrogen-bond donors (Lipinski definition) is 0. The molecule has 0 fully saturated rings. The Balaban J connectivity index is 2.07. The third kappa shape index (κ3) is 4.37. The molecular weight excluding hydrogens is 353 g/mol. The maximum atomic E-state index is 12.8. The van der Waals surface area contributed by atoms with Crippen molar-refractivity contribution in [3.63, 3.8) is 0 Å². The van der Waals surface area contributed by atoms with E-state index < -0.39 is 17.7 Å². The van der Waals surface area contributed by atoms with Crippen LogP contribution >= 0.6 is 0 Å². The molecule has 0 heterocycles. The lowest BCUT2D eigenvalue weighted by atomic mass is 9.95. The number of esters is 1. The molecule has 0 aliphatic heterocycles. The lowest BCUT2D eigenvalue weighted by Crippen LogP contribution is -2.04. The van der Waals surface area contributed by atoms with E-state index in [1.807, 2.05) is 36.4 Å². The summed E-state index contributed by atoms with van der Waals surface area (Å²) < 4.78 is 43.4. The van der Waals surface area contributed by atoms with Crippen molar-refractivity contribution < 1.29 is 22.7 Å². The molecule has 0 spiro atoms. The molecule has 0 N–H and O–H groups in total. The van der Waals surface area contributed by atoms with E-state index >= 15 is 0 Å². The van der Waals surface area contributed by atoms with Gasteiger partial charge in [0, 0.05) is 6.08 Å². The van der Waals surface area contributed by atoms with Gasteiger partial charge in [-0.1, -0.05) is 36.4 Å². The van der Waals surface area contributed by atoms with Gasteiger partial charge in [0.05, 0.1) is 12.2 Å². The van der Waals surface area contributed by atoms with E-state index in [2.05, 4.69) is 0 Å². The van der Waals surface area contributed by atoms with Gasteiger partial charge in [0.15, 0.2) is 0 Å². The summed E-state index contributed by atoms with van der Waals surface area (Å²) in [6.45, 7) is 2.02. The van der Waals surface area contributed by atoms with Crippen molar-refractivity contribution in [1.82, 2.24) is 0 Å². The first kappa shape index (κ1) is 18.7. The predicted octanol–water partition coefficient (Wildman–Crippen LogP) is 6.10. The SMILES string of the molecule is CCOC(=O)/C=C/c1cc(-c2ccc(C(F)(F)F)cc2)c2ccccc2c1. The number of halogens is 3. The standard InChI is InChI=1S/C22H17F3O2/c1-2-27-21(26)12-7-15-13-17-5-3-4-6-19(17)20(14-15)16-8-10-18(11-9-16)22(23,24)25/h3-14H,2H2,1H3/b12-7+. The van der Waals surface area contributed by atoms with Gasteiger partial charge in [-0.05, 0) is 64.7 Å². The van der Waals surface area contributed by atoms with Crippen molar-refractivity contribution in [3.8, 4) is 11.1 Å². The van der Waals surface area contributed by atoms with Crippen LogP contribution in [-0.4, -0.2) is 12.6 Å². The molecule has 0 saturated carbocycles. The topological polar surface area (TPSA) is 26.3 Å². The highest BCUT2D eigenvalue weighted by molar-refractivity contribution is 5.99. The minimum atomic E-state index is -4.37. The van der Waals surface area contributed by atoms with Gasteiger partial charge < -0.3 is 4.74 Å². The molecule has 138 valence electrons. The Morgan fingerprint density at radius 3 is 2.41 bits per heavy atom. The fourth-order valence-electron chi connectivity index (χ4n) is 2.86. The summed E-state index contributed by atoms with van der Waals surface area (Å²) in [5.41, 5.74) is 1.54. The van der Waals surface area contributed by atoms with Gasteiger partial charge >= 0.3 is 12.1 Å². The highest BCUT2D eigenvalue weighted by Crippen LogP contribution is 2.34. The molecule has 0 aliphatic rings. The molecule has 0 aliphatic carbocycles. The summed E-state index contributed by atoms with van der Waals surface area (Å²) in [5, 5.41) is 1.85. The Morgan fingerprint density at radius 2 is 1.74 bits per heavy atom. The highest BCUT2D eigenvalue weighted by atomic mass is 19.4. The predicted molar refractivity (Wildman–Crippen MR) is 100 cm³/mol. The van der Waals surface area contributed by atoms with Crippen LogP contribution in [0.25, 0.3) is 28.0 Å². The molecule has 2 nitrogen and oxygen atoms in total. The Kier molecular flexibility index (Phi) is 5.31. The van der Waals surface area contributed by atoms with Crippen molar-refractivity contribution in [3.05, 3.63) is 77.9 Å². The minimum absolute atomic E-state index is 0.289. The molecule has 3 aromatic carbocycles. The van der Waals surface area contributed by atoms with Gasteiger partial charge in [0.25, 0.3) is 0 Å². The van der Waals surface area contributed by atoms with E-state index in [0.717, 1.165) is 34.0 Å². The van der Waals surface area contributed by atoms with Crippen molar-refractivity contribution in [2.75, 3.05) is 6.61 Å². The zero-order valence-corrected chi connectivity index (χ0v) is 14.6. The van der Waals surface area contributed by atoms with Gasteiger partial charge in [0.2, 0.25) is 0 Å². The molecule has 3 rings (SSSR count). The first-order valence-electron chi connectivity index (χ1n) is 8.44. The number of benzene rings is 3. The van der Waals surface area contributed by atoms with E-state index in [-0.39, 0.29) is 6.61 Å². The second-order valence-corrected chi connectivity index (χ2v) is 5.95. The van der Waals surface area contributed by atoms with Crippen molar-refractivity contribution in [1.29, 1.82) is 0 Å². The van der Waals surface area contributed by atoms with Crippen LogP contribution in [0.15, 0.2) is 66.7 Å². The van der Waals surface area contributed by atoms with E-state index in [9.17, 15) is 18.0 Å². The zero-order chi connectivity index (χ0) is 19.4. The summed E-state index contributed by atoms with van der Waals surface area (Å²) in [6, 6.07) is 16.4. The van der Waals surface area contributed by atoms with E-state index in [1.54, 1.807) is 13.0 Å². The smallest absolute Gasteiger partial charge is 0.416 e. The quantitative estimate of drug-likeness (QED) is 0.410. The summed E-state index contributed by atoms with van der Waals surface area (Å²) in [5.74, 6) is -0.443. The van der Waals surface area contributed by atoms with Crippen LogP contribution < -0.4 is 0 Å². The zero-order valence-electron chi connectivity index (χ0n) is 14.6. The third-order valence-electron chi connectivity index (χ3n) is 4.11. The van der Waals surface area contributed by atoms with Gasteiger partial charge in [-0.2, -0.15) is 13.2 Å². The van der Waals surface area contributed by atoms with Crippen molar-refractivity contribution >= 4 is 22.8 Å².